The van der Waals surface area contributed by atoms with Gasteiger partial charge < -0.3 is 9.47 Å². The molecule has 30 heavy (non-hydrogen) atoms. The molecule has 0 spiro atoms. The van der Waals surface area contributed by atoms with Crippen LogP contribution in [0.25, 0.3) is 6.08 Å². The maximum Gasteiger partial charge on any atom is 0.203 e. The number of hydrogen-bond acceptors (Lipinski definition) is 4. The van der Waals surface area contributed by atoms with Crippen LogP contribution >= 0.6 is 23.2 Å². The fourth-order valence-electron chi connectivity index (χ4n) is 2.75. The van der Waals surface area contributed by atoms with E-state index >= 15 is 0 Å². The highest BCUT2D eigenvalue weighted by Crippen LogP contribution is 2.31. The smallest absolute Gasteiger partial charge is 0.203 e. The first-order chi connectivity index (χ1) is 14.5. The number of rotatable bonds is 7. The summed E-state index contributed by atoms with van der Waals surface area (Å²) in [4.78, 5) is 12.5. The van der Waals surface area contributed by atoms with Gasteiger partial charge in [0.05, 0.1) is 7.11 Å². The molecule has 0 radical (unpaired) electrons. The molecule has 6 heteroatoms. The first kappa shape index (κ1) is 21.4. The van der Waals surface area contributed by atoms with Gasteiger partial charge in [0.2, 0.25) is 5.78 Å². The van der Waals surface area contributed by atoms with Crippen LogP contribution in [0.1, 0.15) is 21.5 Å². The summed E-state index contributed by atoms with van der Waals surface area (Å²) in [5.74, 6) is 0.640. The molecule has 150 valence electrons. The van der Waals surface area contributed by atoms with Crippen molar-refractivity contribution in [2.45, 2.75) is 6.61 Å². The van der Waals surface area contributed by atoms with Gasteiger partial charge in [-0.2, -0.15) is 5.26 Å². The summed E-state index contributed by atoms with van der Waals surface area (Å²) in [5, 5.41) is 10.5. The van der Waals surface area contributed by atoms with E-state index in [1.807, 2.05) is 12.1 Å². The molecule has 0 bridgehead atoms. The fourth-order valence-corrected chi connectivity index (χ4v) is 3.21. The Hall–Kier alpha value is -3.26. The molecule has 0 heterocycles. The lowest BCUT2D eigenvalue weighted by Crippen LogP contribution is -2.02. The number of Topliss-reactive ketones (excluding diaryl/α,β-unsaturated/α-hetero) is 1. The topological polar surface area (TPSA) is 59.3 Å². The van der Waals surface area contributed by atoms with Crippen LogP contribution in [-0.4, -0.2) is 12.9 Å². The number of carbonyl (C=O) groups excluding carboxylic acids is 1. The molecule has 3 aromatic carbocycles. The van der Waals surface area contributed by atoms with Crippen molar-refractivity contribution < 1.29 is 14.3 Å². The monoisotopic (exact) mass is 437 g/mol. The quantitative estimate of drug-likeness (QED) is 0.244. The molecule has 0 aliphatic heterocycles. The van der Waals surface area contributed by atoms with Gasteiger partial charge in [-0.3, -0.25) is 4.79 Å². The Labute approximate surface area is 184 Å². The van der Waals surface area contributed by atoms with Crippen LogP contribution in [0.2, 0.25) is 10.0 Å². The summed E-state index contributed by atoms with van der Waals surface area (Å²) in [6.45, 7) is 0.234. The van der Waals surface area contributed by atoms with Crippen LogP contribution in [0.15, 0.2) is 72.3 Å². The molecule has 0 unspecified atom stereocenters. The highest BCUT2D eigenvalue weighted by atomic mass is 35.5. The maximum absolute atomic E-state index is 12.5. The lowest BCUT2D eigenvalue weighted by Gasteiger charge is -2.12. The van der Waals surface area contributed by atoms with E-state index in [4.69, 9.17) is 32.7 Å². The number of hydrogen-bond donors (Lipinski definition) is 0. The SMILES string of the molecule is COc1cc(/C=C(\C#N)C(=O)c2ccccc2)ccc1OCc1ccc(Cl)cc1Cl. The standard InChI is InChI=1S/C24H17Cl2NO3/c1-29-23-12-16(11-19(14-27)24(28)17-5-3-2-4-6-17)7-10-22(23)30-15-18-8-9-20(25)13-21(18)26/h2-13H,15H2,1H3/b19-11+. The van der Waals surface area contributed by atoms with E-state index in [2.05, 4.69) is 0 Å². The first-order valence-corrected chi connectivity index (χ1v) is 9.73. The van der Waals surface area contributed by atoms with Gasteiger partial charge in [-0.15, -0.1) is 0 Å². The lowest BCUT2D eigenvalue weighted by atomic mass is 10.0. The minimum absolute atomic E-state index is 0.0323. The average Bonchev–Trinajstić information content (AvgIpc) is 2.77. The van der Waals surface area contributed by atoms with E-state index in [1.54, 1.807) is 60.7 Å². The minimum atomic E-state index is -0.338. The summed E-state index contributed by atoms with van der Waals surface area (Å²) < 4.78 is 11.2. The third kappa shape index (κ3) is 5.21. The van der Waals surface area contributed by atoms with Gasteiger partial charge in [0.1, 0.15) is 18.2 Å². The number of halogens is 2. The Bertz CT molecular complexity index is 1130. The Morgan fingerprint density at radius 3 is 2.47 bits per heavy atom. The minimum Gasteiger partial charge on any atom is -0.493 e. The molecule has 0 saturated heterocycles. The van der Waals surface area contributed by atoms with E-state index in [0.717, 1.165) is 5.56 Å². The molecule has 0 aliphatic carbocycles. The second kappa shape index (κ2) is 9.98. The van der Waals surface area contributed by atoms with Crippen LogP contribution < -0.4 is 9.47 Å². The van der Waals surface area contributed by atoms with E-state index in [-0.39, 0.29) is 18.0 Å². The lowest BCUT2D eigenvalue weighted by molar-refractivity contribution is 0.104. The molecule has 0 N–H and O–H groups in total. The molecular formula is C24H17Cl2NO3. The molecular weight excluding hydrogens is 421 g/mol. The highest BCUT2D eigenvalue weighted by Gasteiger charge is 2.13. The van der Waals surface area contributed by atoms with Gasteiger partial charge in [-0.05, 0) is 35.9 Å². The number of nitriles is 1. The molecule has 4 nitrogen and oxygen atoms in total. The predicted octanol–water partition coefficient (Wildman–Crippen LogP) is 6.37. The van der Waals surface area contributed by atoms with Crippen LogP contribution in [0.4, 0.5) is 0 Å². The molecule has 0 saturated carbocycles. The molecule has 3 aromatic rings. The summed E-state index contributed by atoms with van der Waals surface area (Å²) in [7, 11) is 1.52. The number of carbonyl (C=O) groups is 1. The van der Waals surface area contributed by atoms with Crippen molar-refractivity contribution in [2.75, 3.05) is 7.11 Å². The van der Waals surface area contributed by atoms with Crippen molar-refractivity contribution in [2.24, 2.45) is 0 Å². The van der Waals surface area contributed by atoms with Gasteiger partial charge in [0.25, 0.3) is 0 Å². The van der Waals surface area contributed by atoms with Crippen molar-refractivity contribution in [1.29, 1.82) is 5.26 Å². The number of methoxy groups -OCH3 is 1. The Morgan fingerprint density at radius 1 is 1.03 bits per heavy atom. The van der Waals surface area contributed by atoms with E-state index in [0.29, 0.717) is 32.7 Å². The second-order valence-corrected chi connectivity index (χ2v) is 7.14. The normalized spacial score (nSPS) is 10.9. The third-order valence-electron chi connectivity index (χ3n) is 4.30. The molecule has 3 rings (SSSR count). The predicted molar refractivity (Wildman–Crippen MR) is 118 cm³/mol. The van der Waals surface area contributed by atoms with Crippen LogP contribution in [0, 0.1) is 11.3 Å². The average molecular weight is 438 g/mol. The van der Waals surface area contributed by atoms with Gasteiger partial charge >= 0.3 is 0 Å². The van der Waals surface area contributed by atoms with E-state index in [9.17, 15) is 10.1 Å². The Morgan fingerprint density at radius 2 is 1.80 bits per heavy atom. The number of benzene rings is 3. The number of ketones is 1. The molecule has 0 aromatic heterocycles. The summed E-state index contributed by atoms with van der Waals surface area (Å²) >= 11 is 12.1. The largest absolute Gasteiger partial charge is 0.493 e. The number of nitrogens with zero attached hydrogens (tertiary/aromatic N) is 1. The summed E-state index contributed by atoms with van der Waals surface area (Å²) in [5.41, 5.74) is 1.92. The Kier molecular flexibility index (Phi) is 7.13. The maximum atomic E-state index is 12.5. The van der Waals surface area contributed by atoms with Gasteiger partial charge in [-0.1, -0.05) is 65.7 Å². The molecule has 0 fully saturated rings. The van der Waals surface area contributed by atoms with E-state index in [1.165, 1.54) is 13.2 Å². The van der Waals surface area contributed by atoms with E-state index < -0.39 is 0 Å². The zero-order valence-corrected chi connectivity index (χ0v) is 17.6. The van der Waals surface area contributed by atoms with Crippen molar-refractivity contribution in [3.8, 4) is 17.6 Å². The summed E-state index contributed by atoms with van der Waals surface area (Å²) in [6.07, 6.45) is 1.53. The molecule has 0 atom stereocenters. The van der Waals surface area contributed by atoms with Gasteiger partial charge in [-0.25, -0.2) is 0 Å². The van der Waals surface area contributed by atoms with Crippen molar-refractivity contribution >= 4 is 35.1 Å². The van der Waals surface area contributed by atoms with Crippen LogP contribution in [0.5, 0.6) is 11.5 Å². The van der Waals surface area contributed by atoms with Crippen LogP contribution in [0.3, 0.4) is 0 Å². The number of allylic oxidation sites excluding steroid dienone is 1. The first-order valence-electron chi connectivity index (χ1n) is 8.98. The highest BCUT2D eigenvalue weighted by molar-refractivity contribution is 6.35. The zero-order valence-electron chi connectivity index (χ0n) is 16.1. The van der Waals surface area contributed by atoms with Crippen molar-refractivity contribution in [3.05, 3.63) is 99.0 Å². The van der Waals surface area contributed by atoms with Gasteiger partial charge in [0.15, 0.2) is 11.5 Å². The summed E-state index contributed by atoms with van der Waals surface area (Å²) in [6, 6.07) is 21.0. The molecule has 0 amide bonds. The fraction of sp³-hybridized carbons (Fsp3) is 0.0833. The second-order valence-electron chi connectivity index (χ2n) is 6.30. The van der Waals surface area contributed by atoms with Gasteiger partial charge in [0, 0.05) is 21.2 Å². The molecule has 0 aliphatic rings. The van der Waals surface area contributed by atoms with Crippen molar-refractivity contribution in [3.63, 3.8) is 0 Å². The third-order valence-corrected chi connectivity index (χ3v) is 4.88. The number of ether oxygens (including phenoxy) is 2. The Balaban J connectivity index is 1.81. The van der Waals surface area contributed by atoms with Crippen molar-refractivity contribution in [1.82, 2.24) is 0 Å². The zero-order chi connectivity index (χ0) is 21.5. The van der Waals surface area contributed by atoms with Crippen LogP contribution in [-0.2, 0) is 6.61 Å².